The summed E-state index contributed by atoms with van der Waals surface area (Å²) in [6, 6.07) is 0. The lowest BCUT2D eigenvalue weighted by molar-refractivity contribution is -0.151. The molecule has 15 heavy (non-hydrogen) atoms. The van der Waals surface area contributed by atoms with Crippen LogP contribution in [0.4, 0.5) is 0 Å². The minimum atomic E-state index is -0.817. The molecule has 0 radical (unpaired) electrons. The van der Waals surface area contributed by atoms with E-state index >= 15 is 0 Å². The third kappa shape index (κ3) is 4.47. The Morgan fingerprint density at radius 2 is 2.00 bits per heavy atom. The molecule has 2 N–H and O–H groups in total. The van der Waals surface area contributed by atoms with Crippen LogP contribution in [0.3, 0.4) is 0 Å². The first kappa shape index (κ1) is 14.8. The maximum Gasteiger partial charge on any atom is 0.117 e. The lowest BCUT2D eigenvalue weighted by Gasteiger charge is -2.35. The van der Waals surface area contributed by atoms with Crippen molar-refractivity contribution in [2.24, 2.45) is 0 Å². The van der Waals surface area contributed by atoms with E-state index in [1.165, 1.54) is 0 Å². The van der Waals surface area contributed by atoms with Gasteiger partial charge in [-0.3, -0.25) is 0 Å². The second-order valence-electron chi connectivity index (χ2n) is 3.68. The van der Waals surface area contributed by atoms with Gasteiger partial charge in [-0.15, -0.1) is 0 Å². The van der Waals surface area contributed by atoms with Gasteiger partial charge >= 0.3 is 0 Å². The van der Waals surface area contributed by atoms with Crippen LogP contribution in [-0.4, -0.2) is 48.8 Å². The van der Waals surface area contributed by atoms with Crippen molar-refractivity contribution in [3.8, 4) is 0 Å². The van der Waals surface area contributed by atoms with E-state index in [0.717, 1.165) is 6.42 Å². The first-order chi connectivity index (χ1) is 7.16. The molecule has 4 heteroatoms. The summed E-state index contributed by atoms with van der Waals surface area (Å²) < 4.78 is 10.5. The monoisotopic (exact) mass is 220 g/mol. The Morgan fingerprint density at radius 1 is 1.33 bits per heavy atom. The van der Waals surface area contributed by atoms with Crippen LogP contribution in [-0.2, 0) is 9.47 Å². The van der Waals surface area contributed by atoms with E-state index in [1.807, 2.05) is 13.8 Å². The molecule has 0 bridgehead atoms. The molecule has 0 saturated carbocycles. The van der Waals surface area contributed by atoms with Crippen LogP contribution in [0, 0.1) is 0 Å². The largest absolute Gasteiger partial charge is 0.393 e. The molecule has 0 fully saturated rings. The van der Waals surface area contributed by atoms with E-state index in [-0.39, 0.29) is 6.61 Å². The van der Waals surface area contributed by atoms with E-state index < -0.39 is 11.7 Å². The Hall–Kier alpha value is -0.160. The second-order valence-corrected chi connectivity index (χ2v) is 3.68. The average molecular weight is 220 g/mol. The minimum Gasteiger partial charge on any atom is -0.393 e. The third-order valence-corrected chi connectivity index (χ3v) is 2.64. The summed E-state index contributed by atoms with van der Waals surface area (Å²) in [5.41, 5.74) is -0.817. The molecule has 0 aromatic carbocycles. The molecule has 0 aliphatic heterocycles. The highest BCUT2D eigenvalue weighted by atomic mass is 16.5. The Labute approximate surface area is 92.2 Å². The molecular weight excluding hydrogens is 196 g/mol. The van der Waals surface area contributed by atoms with Gasteiger partial charge in [-0.25, -0.2) is 0 Å². The summed E-state index contributed by atoms with van der Waals surface area (Å²) in [5, 5.41) is 19.3. The summed E-state index contributed by atoms with van der Waals surface area (Å²) >= 11 is 0. The van der Waals surface area contributed by atoms with Crippen molar-refractivity contribution >= 4 is 0 Å². The minimum absolute atomic E-state index is 0.153. The van der Waals surface area contributed by atoms with E-state index in [2.05, 4.69) is 0 Å². The van der Waals surface area contributed by atoms with E-state index in [9.17, 15) is 10.2 Å². The highest BCUT2D eigenvalue weighted by molar-refractivity contribution is 4.87. The maximum atomic E-state index is 9.87. The van der Waals surface area contributed by atoms with Gasteiger partial charge in [0.2, 0.25) is 0 Å². The predicted octanol–water partition coefficient (Wildman–Crippen LogP) is 0.951. The van der Waals surface area contributed by atoms with Crippen LogP contribution in [0.25, 0.3) is 0 Å². The molecule has 0 aliphatic rings. The first-order valence-electron chi connectivity index (χ1n) is 5.58. The van der Waals surface area contributed by atoms with Gasteiger partial charge in [0, 0.05) is 20.3 Å². The molecule has 0 amide bonds. The van der Waals surface area contributed by atoms with Crippen molar-refractivity contribution < 1.29 is 19.7 Å². The van der Waals surface area contributed by atoms with Crippen molar-refractivity contribution in [3.63, 3.8) is 0 Å². The van der Waals surface area contributed by atoms with Crippen LogP contribution < -0.4 is 0 Å². The van der Waals surface area contributed by atoms with Crippen LogP contribution >= 0.6 is 0 Å². The lowest BCUT2D eigenvalue weighted by atomic mass is 9.90. The lowest BCUT2D eigenvalue weighted by Crippen LogP contribution is -2.48. The Kier molecular flexibility index (Phi) is 7.96. The van der Waals surface area contributed by atoms with Crippen LogP contribution in [0.1, 0.15) is 33.1 Å². The van der Waals surface area contributed by atoms with Gasteiger partial charge in [0.05, 0.1) is 12.7 Å². The van der Waals surface area contributed by atoms with E-state index in [1.54, 1.807) is 7.11 Å². The van der Waals surface area contributed by atoms with Crippen LogP contribution in [0.5, 0.6) is 0 Å². The summed E-state index contributed by atoms with van der Waals surface area (Å²) in [7, 11) is 1.64. The molecule has 4 nitrogen and oxygen atoms in total. The molecule has 2 unspecified atom stereocenters. The highest BCUT2D eigenvalue weighted by Crippen LogP contribution is 2.24. The zero-order chi connectivity index (χ0) is 11.7. The van der Waals surface area contributed by atoms with Gasteiger partial charge in [0.15, 0.2) is 0 Å². The molecule has 0 saturated heterocycles. The van der Waals surface area contributed by atoms with Crippen LogP contribution in [0.2, 0.25) is 0 Å². The molecule has 0 rings (SSSR count). The molecule has 2 atom stereocenters. The van der Waals surface area contributed by atoms with Gasteiger partial charge in [-0.05, 0) is 26.2 Å². The second kappa shape index (κ2) is 8.05. The number of aliphatic hydroxyl groups excluding tert-OH is 2. The topological polar surface area (TPSA) is 58.9 Å². The number of rotatable bonds is 9. The van der Waals surface area contributed by atoms with Crippen molar-refractivity contribution in [3.05, 3.63) is 0 Å². The molecule has 0 heterocycles. The van der Waals surface area contributed by atoms with Gasteiger partial charge in [0.1, 0.15) is 5.60 Å². The summed E-state index contributed by atoms with van der Waals surface area (Å²) in [6.45, 7) is 4.70. The van der Waals surface area contributed by atoms with E-state index in [0.29, 0.717) is 26.1 Å². The van der Waals surface area contributed by atoms with Gasteiger partial charge < -0.3 is 19.7 Å². The molecule has 92 valence electrons. The Balaban J connectivity index is 4.35. The van der Waals surface area contributed by atoms with Crippen molar-refractivity contribution in [2.75, 3.05) is 26.9 Å². The van der Waals surface area contributed by atoms with Crippen molar-refractivity contribution in [2.45, 2.75) is 44.8 Å². The fourth-order valence-electron chi connectivity index (χ4n) is 1.74. The summed E-state index contributed by atoms with van der Waals surface area (Å²) in [6.07, 6.45) is 1.33. The van der Waals surface area contributed by atoms with Crippen molar-refractivity contribution in [1.29, 1.82) is 0 Å². The number of methoxy groups -OCH3 is 1. The maximum absolute atomic E-state index is 9.87. The molecule has 0 aliphatic carbocycles. The van der Waals surface area contributed by atoms with Gasteiger partial charge in [0.25, 0.3) is 0 Å². The standard InChI is InChI=1S/C11H24O4/c1-4-10(13)11(9-12,15-5-2)7-6-8-14-3/h10,12-13H,4-9H2,1-3H3. The number of hydrogen-bond acceptors (Lipinski definition) is 4. The number of hydrogen-bond donors (Lipinski definition) is 2. The molecule has 0 spiro atoms. The number of aliphatic hydroxyl groups is 2. The summed E-state index contributed by atoms with van der Waals surface area (Å²) in [4.78, 5) is 0. The molecule has 0 aromatic rings. The first-order valence-corrected chi connectivity index (χ1v) is 5.58. The Morgan fingerprint density at radius 3 is 2.40 bits per heavy atom. The van der Waals surface area contributed by atoms with Crippen LogP contribution in [0.15, 0.2) is 0 Å². The Bertz CT molecular complexity index is 152. The normalized spacial score (nSPS) is 17.4. The highest BCUT2D eigenvalue weighted by Gasteiger charge is 2.36. The predicted molar refractivity (Wildman–Crippen MR) is 58.9 cm³/mol. The van der Waals surface area contributed by atoms with E-state index in [4.69, 9.17) is 9.47 Å². The third-order valence-electron chi connectivity index (χ3n) is 2.64. The zero-order valence-corrected chi connectivity index (χ0v) is 10.0. The quantitative estimate of drug-likeness (QED) is 0.568. The fourth-order valence-corrected chi connectivity index (χ4v) is 1.74. The SMILES string of the molecule is CCOC(CO)(CCCOC)C(O)CC. The number of ether oxygens (including phenoxy) is 2. The molecular formula is C11H24O4. The smallest absolute Gasteiger partial charge is 0.117 e. The summed E-state index contributed by atoms with van der Waals surface area (Å²) in [5.74, 6) is 0. The molecule has 0 aromatic heterocycles. The average Bonchev–Trinajstić information content (AvgIpc) is 2.27. The fraction of sp³-hybridized carbons (Fsp3) is 1.00. The van der Waals surface area contributed by atoms with Gasteiger partial charge in [-0.2, -0.15) is 0 Å². The van der Waals surface area contributed by atoms with Gasteiger partial charge in [-0.1, -0.05) is 6.92 Å². The zero-order valence-electron chi connectivity index (χ0n) is 10.0. The van der Waals surface area contributed by atoms with Crippen molar-refractivity contribution in [1.82, 2.24) is 0 Å².